The van der Waals surface area contributed by atoms with Crippen LogP contribution in [0.4, 0.5) is 5.69 Å². The SMILES string of the molecule is CCCN(CC(=O)Nc1cc(Cl)ccc1Cl)C(=O)CC1CCCN1. The molecule has 1 aliphatic rings. The molecule has 0 aromatic heterocycles. The summed E-state index contributed by atoms with van der Waals surface area (Å²) in [6.07, 6.45) is 3.34. The summed E-state index contributed by atoms with van der Waals surface area (Å²) in [5.74, 6) is -0.274. The van der Waals surface area contributed by atoms with Crippen LogP contribution < -0.4 is 10.6 Å². The van der Waals surface area contributed by atoms with Crippen LogP contribution in [0.25, 0.3) is 0 Å². The van der Waals surface area contributed by atoms with Gasteiger partial charge in [-0.3, -0.25) is 9.59 Å². The quantitative estimate of drug-likeness (QED) is 0.772. The number of amides is 2. The number of hydrogen-bond acceptors (Lipinski definition) is 3. The Morgan fingerprint density at radius 3 is 2.83 bits per heavy atom. The van der Waals surface area contributed by atoms with Crippen molar-refractivity contribution in [1.29, 1.82) is 0 Å². The van der Waals surface area contributed by atoms with E-state index in [0.29, 0.717) is 28.7 Å². The molecule has 1 aliphatic heterocycles. The highest BCUT2D eigenvalue weighted by Crippen LogP contribution is 2.25. The molecule has 1 heterocycles. The topological polar surface area (TPSA) is 61.4 Å². The molecule has 1 unspecified atom stereocenters. The summed E-state index contributed by atoms with van der Waals surface area (Å²) in [6, 6.07) is 5.10. The Morgan fingerprint density at radius 1 is 1.38 bits per heavy atom. The average molecular weight is 372 g/mol. The second-order valence-electron chi connectivity index (χ2n) is 5.99. The van der Waals surface area contributed by atoms with Gasteiger partial charge in [-0.1, -0.05) is 30.1 Å². The van der Waals surface area contributed by atoms with Crippen molar-refractivity contribution in [3.8, 4) is 0 Å². The Bertz CT molecular complexity index is 589. The fourth-order valence-corrected chi connectivity index (χ4v) is 3.13. The van der Waals surface area contributed by atoms with Gasteiger partial charge in [0.1, 0.15) is 0 Å². The second-order valence-corrected chi connectivity index (χ2v) is 6.83. The standard InChI is InChI=1S/C17H23Cl2N3O2/c1-2-8-22(17(24)10-13-4-3-7-20-13)11-16(23)21-15-9-12(18)5-6-14(15)19/h5-6,9,13,20H,2-4,7-8,10-11H2,1H3,(H,21,23). The number of carbonyl (C=O) groups is 2. The van der Waals surface area contributed by atoms with E-state index in [1.807, 2.05) is 6.92 Å². The Labute approximate surface area is 152 Å². The summed E-state index contributed by atoms with van der Waals surface area (Å²) >= 11 is 12.0. The fourth-order valence-electron chi connectivity index (χ4n) is 2.79. The maximum absolute atomic E-state index is 12.5. The van der Waals surface area contributed by atoms with E-state index in [1.54, 1.807) is 23.1 Å². The number of rotatable bonds is 7. The van der Waals surface area contributed by atoms with Crippen molar-refractivity contribution in [2.75, 3.05) is 25.0 Å². The molecule has 0 spiro atoms. The van der Waals surface area contributed by atoms with Crippen LogP contribution in [0.5, 0.6) is 0 Å². The minimum atomic E-state index is -0.277. The molecule has 0 aliphatic carbocycles. The molecule has 5 nitrogen and oxygen atoms in total. The minimum Gasteiger partial charge on any atom is -0.333 e. The maximum Gasteiger partial charge on any atom is 0.244 e. The van der Waals surface area contributed by atoms with E-state index in [4.69, 9.17) is 23.2 Å². The van der Waals surface area contributed by atoms with Gasteiger partial charge in [-0.05, 0) is 44.0 Å². The molecule has 7 heteroatoms. The van der Waals surface area contributed by atoms with Gasteiger partial charge in [-0.25, -0.2) is 0 Å². The van der Waals surface area contributed by atoms with E-state index in [0.717, 1.165) is 25.8 Å². The first-order valence-electron chi connectivity index (χ1n) is 8.25. The minimum absolute atomic E-state index is 0.00333. The van der Waals surface area contributed by atoms with Crippen molar-refractivity contribution in [2.45, 2.75) is 38.6 Å². The van der Waals surface area contributed by atoms with Gasteiger partial charge in [-0.15, -0.1) is 0 Å². The average Bonchev–Trinajstić information content (AvgIpc) is 3.03. The summed E-state index contributed by atoms with van der Waals surface area (Å²) in [5, 5.41) is 6.94. The Hall–Kier alpha value is -1.30. The lowest BCUT2D eigenvalue weighted by atomic mass is 10.1. The lowest BCUT2D eigenvalue weighted by Crippen LogP contribution is -2.41. The number of anilines is 1. The van der Waals surface area contributed by atoms with E-state index < -0.39 is 0 Å². The first-order chi connectivity index (χ1) is 11.5. The number of halogens is 2. The van der Waals surface area contributed by atoms with Crippen molar-refractivity contribution in [2.24, 2.45) is 0 Å². The molecule has 0 saturated carbocycles. The second kappa shape index (κ2) is 9.25. The fraction of sp³-hybridized carbons (Fsp3) is 0.529. The van der Waals surface area contributed by atoms with Gasteiger partial charge in [0.15, 0.2) is 0 Å². The first kappa shape index (κ1) is 19.0. The number of benzene rings is 1. The molecule has 1 aromatic rings. The molecule has 1 saturated heterocycles. The molecule has 2 amide bonds. The summed E-state index contributed by atoms with van der Waals surface area (Å²) in [4.78, 5) is 26.3. The zero-order chi connectivity index (χ0) is 17.5. The van der Waals surface area contributed by atoms with Crippen LogP contribution in [-0.2, 0) is 9.59 Å². The van der Waals surface area contributed by atoms with E-state index in [-0.39, 0.29) is 24.4 Å². The van der Waals surface area contributed by atoms with Crippen LogP contribution in [0, 0.1) is 0 Å². The molecular weight excluding hydrogens is 349 g/mol. The molecule has 0 radical (unpaired) electrons. The molecule has 132 valence electrons. The Kier molecular flexibility index (Phi) is 7.34. The highest BCUT2D eigenvalue weighted by molar-refractivity contribution is 6.35. The third-order valence-electron chi connectivity index (χ3n) is 3.97. The van der Waals surface area contributed by atoms with E-state index in [9.17, 15) is 9.59 Å². The molecule has 2 N–H and O–H groups in total. The molecule has 1 atom stereocenters. The highest BCUT2D eigenvalue weighted by atomic mass is 35.5. The summed E-state index contributed by atoms with van der Waals surface area (Å²) < 4.78 is 0. The highest BCUT2D eigenvalue weighted by Gasteiger charge is 2.23. The zero-order valence-corrected chi connectivity index (χ0v) is 15.3. The van der Waals surface area contributed by atoms with Gasteiger partial charge in [0.05, 0.1) is 17.3 Å². The van der Waals surface area contributed by atoms with Gasteiger partial charge >= 0.3 is 0 Å². The first-order valence-corrected chi connectivity index (χ1v) is 9.01. The van der Waals surface area contributed by atoms with E-state index in [1.165, 1.54) is 0 Å². The number of nitrogens with one attached hydrogen (secondary N) is 2. The Balaban J connectivity index is 1.94. The summed E-state index contributed by atoms with van der Waals surface area (Å²) in [5.41, 5.74) is 0.454. The van der Waals surface area contributed by atoms with Crippen LogP contribution in [0.2, 0.25) is 10.0 Å². The van der Waals surface area contributed by atoms with Gasteiger partial charge < -0.3 is 15.5 Å². The largest absolute Gasteiger partial charge is 0.333 e. The van der Waals surface area contributed by atoms with Crippen LogP contribution in [0.3, 0.4) is 0 Å². The predicted octanol–water partition coefficient (Wildman–Crippen LogP) is 3.31. The predicted molar refractivity (Wildman–Crippen MR) is 97.6 cm³/mol. The third kappa shape index (κ3) is 5.65. The molecule has 24 heavy (non-hydrogen) atoms. The van der Waals surface area contributed by atoms with Crippen LogP contribution in [0.1, 0.15) is 32.6 Å². The lowest BCUT2D eigenvalue weighted by molar-refractivity contribution is -0.135. The summed E-state index contributed by atoms with van der Waals surface area (Å²) in [6.45, 7) is 3.52. The number of nitrogens with zero attached hydrogens (tertiary/aromatic N) is 1. The Morgan fingerprint density at radius 2 is 2.17 bits per heavy atom. The van der Waals surface area contributed by atoms with E-state index >= 15 is 0 Å². The lowest BCUT2D eigenvalue weighted by Gasteiger charge is -2.23. The van der Waals surface area contributed by atoms with Gasteiger partial charge in [0, 0.05) is 24.0 Å². The number of hydrogen-bond donors (Lipinski definition) is 2. The maximum atomic E-state index is 12.5. The normalized spacial score (nSPS) is 16.9. The van der Waals surface area contributed by atoms with Crippen molar-refractivity contribution in [3.63, 3.8) is 0 Å². The van der Waals surface area contributed by atoms with Crippen LogP contribution in [0.15, 0.2) is 18.2 Å². The van der Waals surface area contributed by atoms with Crippen molar-refractivity contribution in [1.82, 2.24) is 10.2 Å². The van der Waals surface area contributed by atoms with Crippen molar-refractivity contribution < 1.29 is 9.59 Å². The molecule has 0 bridgehead atoms. The molecule has 1 fully saturated rings. The summed E-state index contributed by atoms with van der Waals surface area (Å²) in [7, 11) is 0. The monoisotopic (exact) mass is 371 g/mol. The zero-order valence-electron chi connectivity index (χ0n) is 13.8. The van der Waals surface area contributed by atoms with Crippen LogP contribution in [-0.4, -0.2) is 42.4 Å². The molecular formula is C17H23Cl2N3O2. The van der Waals surface area contributed by atoms with Crippen molar-refractivity contribution in [3.05, 3.63) is 28.2 Å². The molecule has 2 rings (SSSR count). The smallest absolute Gasteiger partial charge is 0.244 e. The van der Waals surface area contributed by atoms with Gasteiger partial charge in [-0.2, -0.15) is 0 Å². The van der Waals surface area contributed by atoms with E-state index in [2.05, 4.69) is 10.6 Å². The van der Waals surface area contributed by atoms with Gasteiger partial charge in [0.25, 0.3) is 0 Å². The molecule has 1 aromatic carbocycles. The van der Waals surface area contributed by atoms with Crippen molar-refractivity contribution >= 4 is 40.7 Å². The van der Waals surface area contributed by atoms with Gasteiger partial charge in [0.2, 0.25) is 11.8 Å². The number of carbonyl (C=O) groups excluding carboxylic acids is 2. The van der Waals surface area contributed by atoms with Crippen LogP contribution >= 0.6 is 23.2 Å². The third-order valence-corrected chi connectivity index (χ3v) is 4.53.